The summed E-state index contributed by atoms with van der Waals surface area (Å²) in [6.07, 6.45) is 9.93. The highest BCUT2D eigenvalue weighted by Crippen LogP contribution is 2.24. The van der Waals surface area contributed by atoms with Crippen LogP contribution in [0, 0.1) is 11.8 Å². The maximum Gasteiger partial charge on any atom is 0.0571 e. The molecule has 0 aromatic heterocycles. The molecule has 0 bridgehead atoms. The average Bonchev–Trinajstić information content (AvgIpc) is 2.15. The number of allylic oxidation sites excluding steroid dienone is 2. The van der Waals surface area contributed by atoms with Crippen molar-refractivity contribution in [2.24, 2.45) is 11.8 Å². The average molecular weight is 182 g/mol. The number of rotatable bonds is 4. The van der Waals surface area contributed by atoms with Crippen LogP contribution in [0.25, 0.3) is 0 Å². The zero-order chi connectivity index (χ0) is 9.68. The minimum absolute atomic E-state index is 0.0626. The van der Waals surface area contributed by atoms with Gasteiger partial charge in [0.1, 0.15) is 0 Å². The molecule has 76 valence electrons. The molecule has 0 saturated carbocycles. The second kappa shape index (κ2) is 5.43. The van der Waals surface area contributed by atoms with Crippen LogP contribution >= 0.6 is 0 Å². The number of aliphatic hydroxyl groups is 1. The van der Waals surface area contributed by atoms with Crippen molar-refractivity contribution in [1.82, 2.24) is 0 Å². The predicted octanol–water partition coefficient (Wildman–Crippen LogP) is 3.14. The van der Waals surface area contributed by atoms with E-state index in [4.69, 9.17) is 0 Å². The summed E-state index contributed by atoms with van der Waals surface area (Å²) in [5.74, 6) is 1.25. The molecule has 1 aliphatic rings. The zero-order valence-electron chi connectivity index (χ0n) is 8.87. The molecule has 2 unspecified atom stereocenters. The predicted molar refractivity (Wildman–Crippen MR) is 56.6 cm³/mol. The molecule has 0 amide bonds. The van der Waals surface area contributed by atoms with Crippen LogP contribution in [0.5, 0.6) is 0 Å². The molecule has 13 heavy (non-hydrogen) atoms. The highest BCUT2D eigenvalue weighted by molar-refractivity contribution is 4.92. The standard InChI is InChI=1S/C12H22O/c1-10(2)8-9-12(13)11-6-4-3-5-7-11/h3-4,10-13H,5-9H2,1-2H3. The van der Waals surface area contributed by atoms with Crippen molar-refractivity contribution in [3.05, 3.63) is 12.2 Å². The summed E-state index contributed by atoms with van der Waals surface area (Å²) in [5, 5.41) is 9.89. The van der Waals surface area contributed by atoms with Gasteiger partial charge < -0.3 is 5.11 Å². The summed E-state index contributed by atoms with van der Waals surface area (Å²) in [4.78, 5) is 0. The largest absolute Gasteiger partial charge is 0.393 e. The normalized spacial score (nSPS) is 25.1. The van der Waals surface area contributed by atoms with Gasteiger partial charge in [0.25, 0.3) is 0 Å². The summed E-state index contributed by atoms with van der Waals surface area (Å²) in [5.41, 5.74) is 0. The summed E-state index contributed by atoms with van der Waals surface area (Å²) >= 11 is 0. The van der Waals surface area contributed by atoms with E-state index in [1.807, 2.05) is 0 Å². The molecule has 0 spiro atoms. The van der Waals surface area contributed by atoms with Crippen LogP contribution in [-0.4, -0.2) is 11.2 Å². The lowest BCUT2D eigenvalue weighted by atomic mass is 9.86. The van der Waals surface area contributed by atoms with Crippen molar-refractivity contribution >= 4 is 0 Å². The molecule has 0 saturated heterocycles. The molecule has 0 aromatic rings. The fourth-order valence-corrected chi connectivity index (χ4v) is 1.91. The minimum Gasteiger partial charge on any atom is -0.393 e. The van der Waals surface area contributed by atoms with E-state index in [2.05, 4.69) is 26.0 Å². The van der Waals surface area contributed by atoms with Gasteiger partial charge in [0.2, 0.25) is 0 Å². The van der Waals surface area contributed by atoms with E-state index >= 15 is 0 Å². The van der Waals surface area contributed by atoms with Gasteiger partial charge >= 0.3 is 0 Å². The van der Waals surface area contributed by atoms with Gasteiger partial charge in [-0.15, -0.1) is 0 Å². The molecule has 0 aliphatic heterocycles. The fourth-order valence-electron chi connectivity index (χ4n) is 1.91. The lowest BCUT2D eigenvalue weighted by Gasteiger charge is -2.24. The quantitative estimate of drug-likeness (QED) is 0.662. The Balaban J connectivity index is 2.22. The fraction of sp³-hybridized carbons (Fsp3) is 0.833. The molecular weight excluding hydrogens is 160 g/mol. The van der Waals surface area contributed by atoms with Crippen molar-refractivity contribution in [2.45, 2.75) is 52.1 Å². The Labute approximate surface area is 81.9 Å². The molecule has 1 N–H and O–H groups in total. The van der Waals surface area contributed by atoms with Crippen LogP contribution in [0.4, 0.5) is 0 Å². The van der Waals surface area contributed by atoms with E-state index in [1.54, 1.807) is 0 Å². The van der Waals surface area contributed by atoms with Gasteiger partial charge in [0, 0.05) is 0 Å². The van der Waals surface area contributed by atoms with Gasteiger partial charge in [0.05, 0.1) is 6.10 Å². The summed E-state index contributed by atoms with van der Waals surface area (Å²) in [6.45, 7) is 4.43. The van der Waals surface area contributed by atoms with E-state index in [0.29, 0.717) is 11.8 Å². The van der Waals surface area contributed by atoms with Crippen LogP contribution in [-0.2, 0) is 0 Å². The third-order valence-electron chi connectivity index (χ3n) is 2.89. The minimum atomic E-state index is -0.0626. The Kier molecular flexibility index (Phi) is 4.51. The summed E-state index contributed by atoms with van der Waals surface area (Å²) < 4.78 is 0. The Morgan fingerprint density at radius 2 is 2.08 bits per heavy atom. The van der Waals surface area contributed by atoms with E-state index in [0.717, 1.165) is 25.7 Å². The van der Waals surface area contributed by atoms with E-state index < -0.39 is 0 Å². The van der Waals surface area contributed by atoms with Crippen molar-refractivity contribution in [3.63, 3.8) is 0 Å². The first-order valence-electron chi connectivity index (χ1n) is 5.53. The van der Waals surface area contributed by atoms with Gasteiger partial charge in [-0.05, 0) is 43.9 Å². The van der Waals surface area contributed by atoms with Crippen molar-refractivity contribution in [1.29, 1.82) is 0 Å². The van der Waals surface area contributed by atoms with E-state index in [9.17, 15) is 5.11 Å². The van der Waals surface area contributed by atoms with Crippen LogP contribution in [0.1, 0.15) is 46.0 Å². The first-order chi connectivity index (χ1) is 6.20. The molecular formula is C12H22O. The monoisotopic (exact) mass is 182 g/mol. The third kappa shape index (κ3) is 3.95. The smallest absolute Gasteiger partial charge is 0.0571 e. The zero-order valence-corrected chi connectivity index (χ0v) is 8.87. The van der Waals surface area contributed by atoms with Gasteiger partial charge in [-0.1, -0.05) is 26.0 Å². The third-order valence-corrected chi connectivity index (χ3v) is 2.89. The highest BCUT2D eigenvalue weighted by atomic mass is 16.3. The first kappa shape index (κ1) is 10.8. The van der Waals surface area contributed by atoms with Crippen molar-refractivity contribution in [2.75, 3.05) is 0 Å². The van der Waals surface area contributed by atoms with Gasteiger partial charge in [0.15, 0.2) is 0 Å². The van der Waals surface area contributed by atoms with Crippen LogP contribution in [0.2, 0.25) is 0 Å². The van der Waals surface area contributed by atoms with Gasteiger partial charge in [-0.2, -0.15) is 0 Å². The van der Waals surface area contributed by atoms with Gasteiger partial charge in [-0.3, -0.25) is 0 Å². The van der Waals surface area contributed by atoms with Crippen molar-refractivity contribution < 1.29 is 5.11 Å². The number of aliphatic hydroxyl groups excluding tert-OH is 1. The van der Waals surface area contributed by atoms with Crippen LogP contribution in [0.15, 0.2) is 12.2 Å². The SMILES string of the molecule is CC(C)CCC(O)C1CC=CCC1. The molecule has 0 fully saturated rings. The van der Waals surface area contributed by atoms with Crippen molar-refractivity contribution in [3.8, 4) is 0 Å². The molecule has 0 radical (unpaired) electrons. The maximum absolute atomic E-state index is 9.89. The molecule has 0 aromatic carbocycles. The number of hydrogen-bond acceptors (Lipinski definition) is 1. The van der Waals surface area contributed by atoms with Crippen LogP contribution in [0.3, 0.4) is 0 Å². The summed E-state index contributed by atoms with van der Waals surface area (Å²) in [7, 11) is 0. The topological polar surface area (TPSA) is 20.2 Å². The molecule has 0 heterocycles. The second-order valence-corrected chi connectivity index (χ2v) is 4.58. The lowest BCUT2D eigenvalue weighted by Crippen LogP contribution is -2.21. The molecule has 1 nitrogen and oxygen atoms in total. The van der Waals surface area contributed by atoms with E-state index in [1.165, 1.54) is 6.42 Å². The first-order valence-corrected chi connectivity index (χ1v) is 5.53. The van der Waals surface area contributed by atoms with Crippen LogP contribution < -0.4 is 0 Å². The van der Waals surface area contributed by atoms with Gasteiger partial charge in [-0.25, -0.2) is 0 Å². The lowest BCUT2D eigenvalue weighted by molar-refractivity contribution is 0.0880. The second-order valence-electron chi connectivity index (χ2n) is 4.58. The maximum atomic E-state index is 9.89. The Hall–Kier alpha value is -0.300. The number of hydrogen-bond donors (Lipinski definition) is 1. The molecule has 1 heteroatoms. The Morgan fingerprint density at radius 3 is 2.62 bits per heavy atom. The Morgan fingerprint density at radius 1 is 1.31 bits per heavy atom. The Bertz CT molecular complexity index is 161. The van der Waals surface area contributed by atoms with E-state index in [-0.39, 0.29) is 6.10 Å². The summed E-state index contributed by atoms with van der Waals surface area (Å²) in [6, 6.07) is 0. The highest BCUT2D eigenvalue weighted by Gasteiger charge is 2.19. The molecule has 1 aliphatic carbocycles. The molecule has 2 atom stereocenters. The molecule has 1 rings (SSSR count).